The number of piperidine rings is 1. The number of rotatable bonds is 4. The van der Waals surface area contributed by atoms with Crippen molar-refractivity contribution in [3.8, 4) is 0 Å². The first-order valence-corrected chi connectivity index (χ1v) is 9.64. The van der Waals surface area contributed by atoms with Gasteiger partial charge in [0.25, 0.3) is 5.91 Å². The van der Waals surface area contributed by atoms with Crippen molar-refractivity contribution in [2.24, 2.45) is 5.92 Å². The molecule has 0 aromatic carbocycles. The Kier molecular flexibility index (Phi) is 5.22. The van der Waals surface area contributed by atoms with Crippen molar-refractivity contribution in [2.75, 3.05) is 26.2 Å². The third-order valence-electron chi connectivity index (χ3n) is 5.77. The van der Waals surface area contributed by atoms with E-state index >= 15 is 0 Å². The maximum Gasteiger partial charge on any atom is 0.253 e. The van der Waals surface area contributed by atoms with Crippen LogP contribution in [0.3, 0.4) is 0 Å². The molecule has 4 heterocycles. The van der Waals surface area contributed by atoms with Crippen LogP contribution in [0.1, 0.15) is 34.7 Å². The zero-order valence-corrected chi connectivity index (χ0v) is 15.6. The predicted molar refractivity (Wildman–Crippen MR) is 99.2 cm³/mol. The summed E-state index contributed by atoms with van der Waals surface area (Å²) in [6, 6.07) is 5.89. The second-order valence-corrected chi connectivity index (χ2v) is 7.68. The monoisotopic (exact) mass is 370 g/mol. The van der Waals surface area contributed by atoms with Gasteiger partial charge in [0, 0.05) is 68.6 Å². The van der Waals surface area contributed by atoms with Gasteiger partial charge in [0.1, 0.15) is 5.76 Å². The van der Waals surface area contributed by atoms with E-state index in [9.17, 15) is 9.90 Å². The van der Waals surface area contributed by atoms with E-state index in [-0.39, 0.29) is 17.9 Å². The molecule has 144 valence electrons. The molecule has 0 spiro atoms. The average Bonchev–Trinajstić information content (AvgIpc) is 3.28. The number of β-amino-alcohol motifs (C(OH)–C–C–N with tert-alkyl or cyclic N) is 1. The second-order valence-electron chi connectivity index (χ2n) is 7.68. The van der Waals surface area contributed by atoms with Crippen molar-refractivity contribution >= 4 is 5.91 Å². The molecule has 4 rings (SSSR count). The Morgan fingerprint density at radius 3 is 2.67 bits per heavy atom. The molecule has 2 aromatic heterocycles. The SMILES string of the molecule is Cc1cc(C[C@@H]2CN(C3CCN(C(=O)c4ccncc4)CC3)C[C@@H]2O)on1. The zero-order chi connectivity index (χ0) is 18.8. The molecule has 0 radical (unpaired) electrons. The first-order valence-electron chi connectivity index (χ1n) is 9.64. The number of hydrogen-bond acceptors (Lipinski definition) is 6. The highest BCUT2D eigenvalue weighted by Crippen LogP contribution is 2.27. The number of carbonyl (C=O) groups is 1. The molecule has 0 aliphatic carbocycles. The lowest BCUT2D eigenvalue weighted by Crippen LogP contribution is -2.46. The first kappa shape index (κ1) is 18.1. The molecule has 2 aliphatic heterocycles. The van der Waals surface area contributed by atoms with Crippen LogP contribution in [0.25, 0.3) is 0 Å². The molecule has 0 unspecified atom stereocenters. The minimum atomic E-state index is -0.341. The number of likely N-dealkylation sites (tertiary alicyclic amines) is 2. The van der Waals surface area contributed by atoms with Gasteiger partial charge in [-0.25, -0.2) is 0 Å². The van der Waals surface area contributed by atoms with Crippen LogP contribution in [0, 0.1) is 12.8 Å². The van der Waals surface area contributed by atoms with Gasteiger partial charge in [0.15, 0.2) is 0 Å². The smallest absolute Gasteiger partial charge is 0.253 e. The van der Waals surface area contributed by atoms with Gasteiger partial charge in [0.05, 0.1) is 11.8 Å². The number of aliphatic hydroxyl groups excluding tert-OH is 1. The molecular formula is C20H26N4O3. The molecule has 2 saturated heterocycles. The van der Waals surface area contributed by atoms with E-state index in [2.05, 4.69) is 15.0 Å². The van der Waals surface area contributed by atoms with Gasteiger partial charge < -0.3 is 14.5 Å². The molecular weight excluding hydrogens is 344 g/mol. The fourth-order valence-electron chi connectivity index (χ4n) is 4.27. The first-order chi connectivity index (χ1) is 13.1. The Labute approximate surface area is 159 Å². The molecule has 27 heavy (non-hydrogen) atoms. The molecule has 2 aliphatic rings. The summed E-state index contributed by atoms with van der Waals surface area (Å²) in [5.41, 5.74) is 1.57. The Morgan fingerprint density at radius 2 is 2.00 bits per heavy atom. The number of nitrogens with zero attached hydrogens (tertiary/aromatic N) is 4. The Bertz CT molecular complexity index is 771. The molecule has 1 N–H and O–H groups in total. The fourth-order valence-corrected chi connectivity index (χ4v) is 4.27. The lowest BCUT2D eigenvalue weighted by molar-refractivity contribution is 0.0627. The van der Waals surface area contributed by atoms with Gasteiger partial charge in [-0.3, -0.25) is 14.7 Å². The largest absolute Gasteiger partial charge is 0.391 e. The summed E-state index contributed by atoms with van der Waals surface area (Å²) < 4.78 is 5.31. The highest BCUT2D eigenvalue weighted by molar-refractivity contribution is 5.94. The van der Waals surface area contributed by atoms with Crippen molar-refractivity contribution in [2.45, 2.75) is 38.3 Å². The fraction of sp³-hybridized carbons (Fsp3) is 0.550. The molecule has 2 aromatic rings. The van der Waals surface area contributed by atoms with Gasteiger partial charge in [-0.15, -0.1) is 0 Å². The summed E-state index contributed by atoms with van der Waals surface area (Å²) in [6.07, 6.45) is 5.57. The van der Waals surface area contributed by atoms with Gasteiger partial charge in [0.2, 0.25) is 0 Å². The Balaban J connectivity index is 1.30. The van der Waals surface area contributed by atoms with Crippen LogP contribution in [0.2, 0.25) is 0 Å². The van der Waals surface area contributed by atoms with Crippen molar-refractivity contribution in [1.82, 2.24) is 19.9 Å². The molecule has 1 amide bonds. The maximum absolute atomic E-state index is 12.6. The molecule has 2 fully saturated rings. The predicted octanol–water partition coefficient (Wildman–Crippen LogP) is 1.52. The molecule has 7 nitrogen and oxygen atoms in total. The number of carbonyl (C=O) groups excluding carboxylic acids is 1. The van der Waals surface area contributed by atoms with Crippen LogP contribution < -0.4 is 0 Å². The number of hydrogen-bond donors (Lipinski definition) is 1. The van der Waals surface area contributed by atoms with Crippen LogP contribution in [-0.2, 0) is 6.42 Å². The van der Waals surface area contributed by atoms with Crippen molar-refractivity contribution < 1.29 is 14.4 Å². The van der Waals surface area contributed by atoms with Crippen LogP contribution >= 0.6 is 0 Å². The number of aromatic nitrogens is 2. The quantitative estimate of drug-likeness (QED) is 0.879. The average molecular weight is 370 g/mol. The van der Waals surface area contributed by atoms with Crippen LogP contribution in [0.4, 0.5) is 0 Å². The lowest BCUT2D eigenvalue weighted by atomic mass is 10.00. The molecule has 0 saturated carbocycles. The summed E-state index contributed by atoms with van der Waals surface area (Å²) in [6.45, 7) is 4.98. The third kappa shape index (κ3) is 4.04. The van der Waals surface area contributed by atoms with Crippen molar-refractivity contribution in [3.05, 3.63) is 47.6 Å². The summed E-state index contributed by atoms with van der Waals surface area (Å²) in [4.78, 5) is 20.8. The third-order valence-corrected chi connectivity index (χ3v) is 5.77. The van der Waals surface area contributed by atoms with Gasteiger partial charge >= 0.3 is 0 Å². The summed E-state index contributed by atoms with van der Waals surface area (Å²) in [7, 11) is 0. The van der Waals surface area contributed by atoms with E-state index in [1.807, 2.05) is 17.9 Å². The normalized spacial score (nSPS) is 24.4. The minimum Gasteiger partial charge on any atom is -0.391 e. The summed E-state index contributed by atoms with van der Waals surface area (Å²) in [5.74, 6) is 1.10. The van der Waals surface area contributed by atoms with Crippen LogP contribution in [0.15, 0.2) is 35.1 Å². The highest BCUT2D eigenvalue weighted by Gasteiger charge is 2.37. The van der Waals surface area contributed by atoms with Gasteiger partial charge in [-0.1, -0.05) is 5.16 Å². The Hall–Kier alpha value is -2.25. The van der Waals surface area contributed by atoms with Gasteiger partial charge in [-0.05, 0) is 31.9 Å². The van der Waals surface area contributed by atoms with Crippen LogP contribution in [0.5, 0.6) is 0 Å². The van der Waals surface area contributed by atoms with E-state index in [1.54, 1.807) is 24.5 Å². The number of amides is 1. The minimum absolute atomic E-state index is 0.0795. The topological polar surface area (TPSA) is 82.7 Å². The summed E-state index contributed by atoms with van der Waals surface area (Å²) in [5, 5.41) is 14.4. The zero-order valence-electron chi connectivity index (χ0n) is 15.6. The summed E-state index contributed by atoms with van der Waals surface area (Å²) >= 11 is 0. The molecule has 7 heteroatoms. The van der Waals surface area contributed by atoms with E-state index in [4.69, 9.17) is 4.52 Å². The lowest BCUT2D eigenvalue weighted by Gasteiger charge is -2.36. The van der Waals surface area contributed by atoms with E-state index in [1.165, 1.54) is 0 Å². The second kappa shape index (κ2) is 7.78. The molecule has 0 bridgehead atoms. The number of aliphatic hydroxyl groups is 1. The number of pyridine rings is 1. The standard InChI is InChI=1S/C20H26N4O3/c1-14-10-18(27-22-14)11-16-12-24(13-19(16)25)17-4-8-23(9-5-17)20(26)15-2-6-21-7-3-15/h2-3,6-7,10,16-17,19,25H,4-5,8-9,11-13H2,1H3/t16-,19+/m1/s1. The van der Waals surface area contributed by atoms with Crippen molar-refractivity contribution in [1.29, 1.82) is 0 Å². The maximum atomic E-state index is 12.6. The van der Waals surface area contributed by atoms with E-state index < -0.39 is 0 Å². The Morgan fingerprint density at radius 1 is 1.26 bits per heavy atom. The van der Waals surface area contributed by atoms with E-state index in [0.29, 0.717) is 18.2 Å². The highest BCUT2D eigenvalue weighted by atomic mass is 16.5. The molecule has 2 atom stereocenters. The van der Waals surface area contributed by atoms with Crippen molar-refractivity contribution in [3.63, 3.8) is 0 Å². The van der Waals surface area contributed by atoms with E-state index in [0.717, 1.165) is 50.4 Å². The van der Waals surface area contributed by atoms with Crippen LogP contribution in [-0.4, -0.2) is 69.3 Å². The number of aryl methyl sites for hydroxylation is 1. The van der Waals surface area contributed by atoms with Gasteiger partial charge in [-0.2, -0.15) is 0 Å².